The Bertz CT molecular complexity index is 575. The van der Waals surface area contributed by atoms with Crippen molar-refractivity contribution in [1.29, 1.82) is 0 Å². The zero-order chi connectivity index (χ0) is 14.9. The van der Waals surface area contributed by atoms with Gasteiger partial charge in [0.05, 0.1) is 5.69 Å². The molecule has 0 bridgehead atoms. The van der Waals surface area contributed by atoms with Crippen molar-refractivity contribution in [2.75, 3.05) is 0 Å². The average molecular weight is 281 g/mol. The summed E-state index contributed by atoms with van der Waals surface area (Å²) in [5.41, 5.74) is -0.529. The fourth-order valence-electron chi connectivity index (χ4n) is 2.42. The van der Waals surface area contributed by atoms with Gasteiger partial charge in [-0.3, -0.25) is 4.79 Å². The number of allylic oxidation sites excluding steroid dienone is 3. The van der Waals surface area contributed by atoms with Gasteiger partial charge in [-0.25, -0.2) is 4.98 Å². The maximum Gasteiger partial charge on any atom is 0.433 e. The quantitative estimate of drug-likeness (QED) is 0.762. The third-order valence-electron chi connectivity index (χ3n) is 3.39. The van der Waals surface area contributed by atoms with Gasteiger partial charge >= 0.3 is 6.18 Å². The minimum absolute atomic E-state index is 0.181. The Morgan fingerprint density at radius 1 is 1.35 bits per heavy atom. The summed E-state index contributed by atoms with van der Waals surface area (Å²) in [6.07, 6.45) is 0.984. The molecule has 0 spiro atoms. The lowest BCUT2D eigenvalue weighted by molar-refractivity contribution is -0.141. The number of pyridine rings is 1. The Morgan fingerprint density at radius 2 is 2.05 bits per heavy atom. The molecule has 20 heavy (non-hydrogen) atoms. The standard InChI is InChI=1S/C15H14F3NO/c1-3-5-10-8-9(4-2)13-11(14(10)20)6-7-12(19-13)15(16,17)18/h3-7,9-10H,2,8H2,1H3/b5-3-. The van der Waals surface area contributed by atoms with E-state index in [0.717, 1.165) is 6.07 Å². The van der Waals surface area contributed by atoms with E-state index in [1.54, 1.807) is 25.2 Å². The van der Waals surface area contributed by atoms with Crippen molar-refractivity contribution in [3.63, 3.8) is 0 Å². The highest BCUT2D eigenvalue weighted by atomic mass is 19.4. The summed E-state index contributed by atoms with van der Waals surface area (Å²) in [4.78, 5) is 15.9. The van der Waals surface area contributed by atoms with Gasteiger partial charge in [-0.2, -0.15) is 13.2 Å². The Balaban J connectivity index is 2.53. The second-order valence-corrected chi connectivity index (χ2v) is 4.70. The predicted octanol–water partition coefficient (Wildman–Crippen LogP) is 4.15. The molecule has 0 aromatic carbocycles. The molecule has 1 aliphatic carbocycles. The summed E-state index contributed by atoms with van der Waals surface area (Å²) >= 11 is 0. The number of rotatable bonds is 2. The molecule has 1 heterocycles. The number of aromatic nitrogens is 1. The van der Waals surface area contributed by atoms with Gasteiger partial charge in [0.15, 0.2) is 5.78 Å². The van der Waals surface area contributed by atoms with Gasteiger partial charge in [0.1, 0.15) is 5.69 Å². The van der Waals surface area contributed by atoms with Crippen LogP contribution in [0.3, 0.4) is 0 Å². The lowest BCUT2D eigenvalue weighted by atomic mass is 9.78. The van der Waals surface area contributed by atoms with Crippen molar-refractivity contribution in [1.82, 2.24) is 4.98 Å². The minimum atomic E-state index is -4.51. The first-order valence-electron chi connectivity index (χ1n) is 6.26. The maximum atomic E-state index is 12.7. The van der Waals surface area contributed by atoms with Crippen LogP contribution in [0.2, 0.25) is 0 Å². The zero-order valence-electron chi connectivity index (χ0n) is 10.9. The summed E-state index contributed by atoms with van der Waals surface area (Å²) in [6, 6.07) is 2.08. The molecule has 0 fully saturated rings. The molecule has 0 amide bonds. The van der Waals surface area contributed by atoms with E-state index in [1.165, 1.54) is 6.07 Å². The van der Waals surface area contributed by atoms with Gasteiger partial charge in [0, 0.05) is 17.4 Å². The smallest absolute Gasteiger partial charge is 0.293 e. The summed E-state index contributed by atoms with van der Waals surface area (Å²) < 4.78 is 38.1. The summed E-state index contributed by atoms with van der Waals surface area (Å²) in [5.74, 6) is -0.849. The fraction of sp³-hybridized carbons (Fsp3) is 0.333. The van der Waals surface area contributed by atoms with E-state index >= 15 is 0 Å². The van der Waals surface area contributed by atoms with Gasteiger partial charge in [-0.1, -0.05) is 18.2 Å². The molecule has 0 saturated heterocycles. The number of hydrogen-bond acceptors (Lipinski definition) is 2. The molecule has 5 heteroatoms. The van der Waals surface area contributed by atoms with Crippen LogP contribution in [0.4, 0.5) is 13.2 Å². The maximum absolute atomic E-state index is 12.7. The minimum Gasteiger partial charge on any atom is -0.293 e. The van der Waals surface area contributed by atoms with Crippen LogP contribution < -0.4 is 0 Å². The van der Waals surface area contributed by atoms with E-state index in [2.05, 4.69) is 11.6 Å². The Kier molecular flexibility index (Phi) is 3.79. The molecule has 0 saturated carbocycles. The Labute approximate surface area is 115 Å². The number of hydrogen-bond donors (Lipinski definition) is 0. The predicted molar refractivity (Wildman–Crippen MR) is 69.4 cm³/mol. The Morgan fingerprint density at radius 3 is 2.60 bits per heavy atom. The molecule has 2 nitrogen and oxygen atoms in total. The highest BCUT2D eigenvalue weighted by Crippen LogP contribution is 2.37. The van der Waals surface area contributed by atoms with Gasteiger partial charge in [0.2, 0.25) is 0 Å². The van der Waals surface area contributed by atoms with Crippen molar-refractivity contribution in [2.45, 2.75) is 25.4 Å². The third-order valence-corrected chi connectivity index (χ3v) is 3.39. The van der Waals surface area contributed by atoms with E-state index in [0.29, 0.717) is 6.42 Å². The highest BCUT2D eigenvalue weighted by Gasteiger charge is 2.37. The number of carbonyl (C=O) groups excluding carboxylic acids is 1. The van der Waals surface area contributed by atoms with Crippen molar-refractivity contribution < 1.29 is 18.0 Å². The molecule has 2 rings (SSSR count). The van der Waals surface area contributed by atoms with Crippen LogP contribution in [0.15, 0.2) is 36.9 Å². The lowest BCUT2D eigenvalue weighted by Gasteiger charge is -2.26. The van der Waals surface area contributed by atoms with Crippen LogP contribution >= 0.6 is 0 Å². The van der Waals surface area contributed by atoms with Crippen molar-refractivity contribution >= 4 is 5.78 Å². The molecule has 1 aliphatic rings. The monoisotopic (exact) mass is 281 g/mol. The fourth-order valence-corrected chi connectivity index (χ4v) is 2.42. The van der Waals surface area contributed by atoms with E-state index in [9.17, 15) is 18.0 Å². The van der Waals surface area contributed by atoms with Crippen LogP contribution in [0.1, 0.15) is 41.0 Å². The summed E-state index contributed by atoms with van der Waals surface area (Å²) in [7, 11) is 0. The molecular weight excluding hydrogens is 267 g/mol. The van der Waals surface area contributed by atoms with Crippen LogP contribution in [0, 0.1) is 5.92 Å². The van der Waals surface area contributed by atoms with Crippen LogP contribution in [0.25, 0.3) is 0 Å². The second-order valence-electron chi connectivity index (χ2n) is 4.70. The number of Topliss-reactive ketones (excluding diaryl/α,β-unsaturated/α-hetero) is 1. The first kappa shape index (κ1) is 14.5. The van der Waals surface area contributed by atoms with Crippen molar-refractivity contribution in [3.05, 3.63) is 53.9 Å². The normalized spacial score (nSPS) is 22.9. The van der Waals surface area contributed by atoms with Crippen LogP contribution in [-0.2, 0) is 6.18 Å². The lowest BCUT2D eigenvalue weighted by Crippen LogP contribution is -2.26. The van der Waals surface area contributed by atoms with Crippen molar-refractivity contribution in [3.8, 4) is 0 Å². The van der Waals surface area contributed by atoms with E-state index in [4.69, 9.17) is 0 Å². The van der Waals surface area contributed by atoms with Gasteiger partial charge in [-0.15, -0.1) is 6.58 Å². The van der Waals surface area contributed by atoms with Gasteiger partial charge < -0.3 is 0 Å². The molecule has 1 aromatic heterocycles. The average Bonchev–Trinajstić information content (AvgIpc) is 2.40. The number of carbonyl (C=O) groups is 1. The summed E-state index contributed by atoms with van der Waals surface area (Å²) in [6.45, 7) is 5.44. The number of halogens is 3. The largest absolute Gasteiger partial charge is 0.433 e. The third kappa shape index (κ3) is 2.53. The first-order chi connectivity index (χ1) is 9.38. The van der Waals surface area contributed by atoms with E-state index in [-0.39, 0.29) is 28.9 Å². The number of alkyl halides is 3. The van der Waals surface area contributed by atoms with Crippen molar-refractivity contribution in [2.24, 2.45) is 5.92 Å². The first-order valence-corrected chi connectivity index (χ1v) is 6.26. The molecular formula is C15H14F3NO. The molecule has 0 aliphatic heterocycles. The molecule has 2 atom stereocenters. The molecule has 1 aromatic rings. The van der Waals surface area contributed by atoms with Crippen LogP contribution in [0.5, 0.6) is 0 Å². The second kappa shape index (κ2) is 5.23. The van der Waals surface area contributed by atoms with Gasteiger partial charge in [-0.05, 0) is 25.5 Å². The molecule has 106 valence electrons. The number of ketones is 1. The summed E-state index contributed by atoms with van der Waals surface area (Å²) in [5, 5.41) is 0. The van der Waals surface area contributed by atoms with Gasteiger partial charge in [0.25, 0.3) is 0 Å². The molecule has 2 unspecified atom stereocenters. The number of nitrogens with zero attached hydrogens (tertiary/aromatic N) is 1. The highest BCUT2D eigenvalue weighted by molar-refractivity contribution is 6.01. The van der Waals surface area contributed by atoms with E-state index < -0.39 is 11.9 Å². The molecule has 0 N–H and O–H groups in total. The topological polar surface area (TPSA) is 30.0 Å². The number of fused-ring (bicyclic) bond motifs is 1. The SMILES string of the molecule is C=CC1CC(/C=C\C)C(=O)c2ccc(C(F)(F)F)nc21. The zero-order valence-corrected chi connectivity index (χ0v) is 10.9. The Hall–Kier alpha value is -1.91. The van der Waals surface area contributed by atoms with Crippen LogP contribution in [-0.4, -0.2) is 10.8 Å². The molecule has 0 radical (unpaired) electrons. The van der Waals surface area contributed by atoms with E-state index in [1.807, 2.05) is 0 Å².